The van der Waals surface area contributed by atoms with Crippen molar-refractivity contribution in [2.75, 3.05) is 0 Å². The molecule has 0 unspecified atom stereocenters. The average Bonchev–Trinajstić information content (AvgIpc) is 2.25. The number of aromatic hydroxyl groups is 1. The average molecular weight is 274 g/mol. The van der Waals surface area contributed by atoms with Crippen molar-refractivity contribution in [2.24, 2.45) is 0 Å². The van der Waals surface area contributed by atoms with E-state index >= 15 is 0 Å². The lowest BCUT2D eigenvalue weighted by atomic mass is 10.1. The van der Waals surface area contributed by atoms with Gasteiger partial charge >= 0.3 is 0 Å². The number of benzene rings is 2. The third-order valence-corrected chi connectivity index (χ3v) is 3.22. The summed E-state index contributed by atoms with van der Waals surface area (Å²) in [5.74, 6) is 0.208. The summed E-state index contributed by atoms with van der Waals surface area (Å²) in [7, 11) is 0. The summed E-state index contributed by atoms with van der Waals surface area (Å²) in [6.45, 7) is 0. The normalized spacial score (nSPS) is 10.4. The molecule has 0 radical (unpaired) electrons. The molecule has 0 aliphatic heterocycles. The Hall–Kier alpha value is -0.890. The quantitative estimate of drug-likeness (QED) is 0.723. The van der Waals surface area contributed by atoms with Crippen LogP contribution in [-0.2, 0) is 0 Å². The smallest absolute Gasteiger partial charge is 0.115 e. The molecule has 0 aromatic heterocycles. The molecular formula is C12H7Cl3O. The molecule has 2 aromatic rings. The molecule has 0 amide bonds. The van der Waals surface area contributed by atoms with Gasteiger partial charge in [-0.3, -0.25) is 0 Å². The Kier molecular flexibility index (Phi) is 3.29. The van der Waals surface area contributed by atoms with Crippen molar-refractivity contribution < 1.29 is 5.11 Å². The molecule has 1 nitrogen and oxygen atoms in total. The Morgan fingerprint density at radius 3 is 1.94 bits per heavy atom. The van der Waals surface area contributed by atoms with E-state index in [-0.39, 0.29) is 5.75 Å². The van der Waals surface area contributed by atoms with E-state index in [9.17, 15) is 5.11 Å². The van der Waals surface area contributed by atoms with Gasteiger partial charge in [-0.2, -0.15) is 0 Å². The molecule has 1 N–H and O–H groups in total. The number of phenolic OH excluding ortho intramolecular Hbond substituents is 1. The minimum Gasteiger partial charge on any atom is -0.508 e. The Labute approximate surface area is 108 Å². The van der Waals surface area contributed by atoms with E-state index in [1.165, 1.54) is 0 Å². The van der Waals surface area contributed by atoms with Crippen molar-refractivity contribution in [1.82, 2.24) is 0 Å². The number of hydrogen-bond donors (Lipinski definition) is 1. The van der Waals surface area contributed by atoms with Gasteiger partial charge in [-0.05, 0) is 29.8 Å². The molecule has 0 aliphatic carbocycles. The second kappa shape index (κ2) is 4.54. The maximum Gasteiger partial charge on any atom is 0.115 e. The Bertz CT molecular complexity index is 521. The summed E-state index contributed by atoms with van der Waals surface area (Å²) in [5.41, 5.74) is 1.66. The van der Waals surface area contributed by atoms with Crippen molar-refractivity contribution in [3.8, 4) is 16.9 Å². The first-order valence-electron chi connectivity index (χ1n) is 4.52. The molecule has 2 aromatic carbocycles. The summed E-state index contributed by atoms with van der Waals surface area (Å²) in [6.07, 6.45) is 0. The summed E-state index contributed by atoms with van der Waals surface area (Å²) in [6, 6.07) is 10.0. The predicted molar refractivity (Wildman–Crippen MR) is 68.6 cm³/mol. The lowest BCUT2D eigenvalue weighted by Gasteiger charge is -2.06. The Balaban J connectivity index is 2.56. The first kappa shape index (κ1) is 11.6. The van der Waals surface area contributed by atoms with E-state index < -0.39 is 0 Å². The first-order valence-corrected chi connectivity index (χ1v) is 5.65. The fraction of sp³-hybridized carbons (Fsp3) is 0. The van der Waals surface area contributed by atoms with Gasteiger partial charge in [0.15, 0.2) is 0 Å². The first-order chi connectivity index (χ1) is 7.58. The number of hydrogen-bond acceptors (Lipinski definition) is 1. The van der Waals surface area contributed by atoms with Crippen LogP contribution in [0.25, 0.3) is 11.1 Å². The number of rotatable bonds is 1. The van der Waals surface area contributed by atoms with Crippen LogP contribution in [0.2, 0.25) is 15.1 Å². The van der Waals surface area contributed by atoms with Crippen LogP contribution >= 0.6 is 34.8 Å². The van der Waals surface area contributed by atoms with Crippen LogP contribution in [0.4, 0.5) is 0 Å². The highest BCUT2D eigenvalue weighted by atomic mass is 35.5. The van der Waals surface area contributed by atoms with Gasteiger partial charge in [-0.25, -0.2) is 0 Å². The van der Waals surface area contributed by atoms with Crippen LogP contribution < -0.4 is 0 Å². The van der Waals surface area contributed by atoms with E-state index in [4.69, 9.17) is 34.8 Å². The summed E-state index contributed by atoms with van der Waals surface area (Å²) in [4.78, 5) is 0. The van der Waals surface area contributed by atoms with Crippen molar-refractivity contribution in [2.45, 2.75) is 0 Å². The molecule has 0 aliphatic rings. The lowest BCUT2D eigenvalue weighted by Crippen LogP contribution is -1.80. The summed E-state index contributed by atoms with van der Waals surface area (Å²) in [5, 5.41) is 10.6. The van der Waals surface area contributed by atoms with E-state index in [1.54, 1.807) is 36.4 Å². The largest absolute Gasteiger partial charge is 0.508 e. The van der Waals surface area contributed by atoms with Gasteiger partial charge in [0.25, 0.3) is 0 Å². The van der Waals surface area contributed by atoms with Crippen LogP contribution in [0.15, 0.2) is 36.4 Å². The van der Waals surface area contributed by atoms with Gasteiger partial charge in [0, 0.05) is 10.6 Å². The van der Waals surface area contributed by atoms with E-state index in [0.717, 1.165) is 11.1 Å². The molecule has 2 rings (SSSR count). The minimum atomic E-state index is 0.208. The summed E-state index contributed by atoms with van der Waals surface area (Å²) >= 11 is 17.8. The highest BCUT2D eigenvalue weighted by Crippen LogP contribution is 2.35. The van der Waals surface area contributed by atoms with Gasteiger partial charge in [0.1, 0.15) is 5.75 Å². The fourth-order valence-corrected chi connectivity index (χ4v) is 2.04. The topological polar surface area (TPSA) is 20.2 Å². The SMILES string of the molecule is Oc1ccc(-c2cc(Cl)c(Cl)cc2Cl)cc1. The zero-order valence-corrected chi connectivity index (χ0v) is 10.3. The van der Waals surface area contributed by atoms with Gasteiger partial charge in [0.2, 0.25) is 0 Å². The van der Waals surface area contributed by atoms with Crippen LogP contribution in [0, 0.1) is 0 Å². The number of halogens is 3. The summed E-state index contributed by atoms with van der Waals surface area (Å²) < 4.78 is 0. The van der Waals surface area contributed by atoms with Crippen LogP contribution in [0.5, 0.6) is 5.75 Å². The monoisotopic (exact) mass is 272 g/mol. The van der Waals surface area contributed by atoms with Crippen LogP contribution in [-0.4, -0.2) is 5.11 Å². The molecule has 0 saturated carbocycles. The van der Waals surface area contributed by atoms with Crippen LogP contribution in [0.3, 0.4) is 0 Å². The molecule has 0 atom stereocenters. The number of phenols is 1. The second-order valence-corrected chi connectivity index (χ2v) is 4.51. The second-order valence-electron chi connectivity index (χ2n) is 3.29. The third-order valence-electron chi connectivity index (χ3n) is 2.19. The zero-order chi connectivity index (χ0) is 11.7. The van der Waals surface area contributed by atoms with Gasteiger partial charge in [-0.1, -0.05) is 46.9 Å². The zero-order valence-electron chi connectivity index (χ0n) is 8.05. The predicted octanol–water partition coefficient (Wildman–Crippen LogP) is 5.02. The Morgan fingerprint density at radius 1 is 0.750 bits per heavy atom. The van der Waals surface area contributed by atoms with Gasteiger partial charge in [0.05, 0.1) is 10.0 Å². The standard InChI is InChI=1S/C12H7Cl3O/c13-10-6-12(15)11(14)5-9(10)7-1-3-8(16)4-2-7/h1-6,16H. The van der Waals surface area contributed by atoms with Crippen molar-refractivity contribution in [3.63, 3.8) is 0 Å². The molecule has 0 heterocycles. The highest BCUT2D eigenvalue weighted by molar-refractivity contribution is 6.44. The van der Waals surface area contributed by atoms with Crippen molar-refractivity contribution in [1.29, 1.82) is 0 Å². The fourth-order valence-electron chi connectivity index (χ4n) is 1.38. The molecule has 0 saturated heterocycles. The third kappa shape index (κ3) is 2.27. The molecule has 4 heteroatoms. The highest BCUT2D eigenvalue weighted by Gasteiger charge is 2.07. The maximum atomic E-state index is 9.19. The molecule has 0 spiro atoms. The van der Waals surface area contributed by atoms with Crippen LogP contribution in [0.1, 0.15) is 0 Å². The molecule has 0 bridgehead atoms. The van der Waals surface area contributed by atoms with Gasteiger partial charge < -0.3 is 5.11 Å². The van der Waals surface area contributed by atoms with E-state index in [2.05, 4.69) is 0 Å². The minimum absolute atomic E-state index is 0.208. The lowest BCUT2D eigenvalue weighted by molar-refractivity contribution is 0.475. The van der Waals surface area contributed by atoms with Gasteiger partial charge in [-0.15, -0.1) is 0 Å². The van der Waals surface area contributed by atoms with E-state index in [0.29, 0.717) is 15.1 Å². The van der Waals surface area contributed by atoms with Crippen molar-refractivity contribution in [3.05, 3.63) is 51.5 Å². The molecule has 0 fully saturated rings. The maximum absolute atomic E-state index is 9.19. The Morgan fingerprint density at radius 2 is 1.31 bits per heavy atom. The molecule has 16 heavy (non-hydrogen) atoms. The van der Waals surface area contributed by atoms with E-state index in [1.807, 2.05) is 0 Å². The molecule has 82 valence electrons. The van der Waals surface area contributed by atoms with Crippen molar-refractivity contribution >= 4 is 34.8 Å². The molecular weight excluding hydrogens is 266 g/mol.